The summed E-state index contributed by atoms with van der Waals surface area (Å²) in [5.41, 5.74) is 1.60. The topological polar surface area (TPSA) is 35.5 Å². The van der Waals surface area contributed by atoms with E-state index >= 15 is 0 Å². The number of unbranched alkanes of at least 4 members (excludes halogenated alkanes) is 2. The lowest BCUT2D eigenvalue weighted by Gasteiger charge is -2.10. The minimum Gasteiger partial charge on any atom is -0.497 e. The molecule has 116 valence electrons. The van der Waals surface area contributed by atoms with Gasteiger partial charge in [0.15, 0.2) is 0 Å². The maximum absolute atomic E-state index is 12.2. The van der Waals surface area contributed by atoms with Crippen LogP contribution >= 0.6 is 0 Å². The molecule has 0 aromatic heterocycles. The summed E-state index contributed by atoms with van der Waals surface area (Å²) in [6, 6.07) is 14.7. The Hall–Kier alpha value is -2.29. The van der Waals surface area contributed by atoms with E-state index in [1.807, 2.05) is 24.3 Å². The molecule has 0 heterocycles. The molecule has 0 bridgehead atoms. The zero-order valence-electron chi connectivity index (χ0n) is 13.2. The Morgan fingerprint density at radius 1 is 1.00 bits per heavy atom. The molecule has 0 aliphatic heterocycles. The molecule has 0 radical (unpaired) electrons. The van der Waals surface area contributed by atoms with E-state index in [1.54, 1.807) is 31.4 Å². The van der Waals surface area contributed by atoms with Crippen LogP contribution in [0, 0.1) is 0 Å². The zero-order chi connectivity index (χ0) is 15.8. The third-order valence-electron chi connectivity index (χ3n) is 3.55. The number of esters is 1. The summed E-state index contributed by atoms with van der Waals surface area (Å²) < 4.78 is 10.6. The molecule has 3 heteroatoms. The Labute approximate surface area is 131 Å². The third-order valence-corrected chi connectivity index (χ3v) is 3.55. The highest BCUT2D eigenvalue weighted by Gasteiger charge is 2.11. The van der Waals surface area contributed by atoms with Gasteiger partial charge in [-0.25, -0.2) is 4.79 Å². The fraction of sp³-hybridized carbons (Fsp3) is 0.316. The van der Waals surface area contributed by atoms with Crippen LogP contribution in [0.1, 0.15) is 42.1 Å². The van der Waals surface area contributed by atoms with Crippen molar-refractivity contribution in [2.75, 3.05) is 7.11 Å². The molecule has 0 saturated carbocycles. The summed E-state index contributed by atoms with van der Waals surface area (Å²) in [6.07, 6.45) is 4.39. The van der Waals surface area contributed by atoms with Crippen molar-refractivity contribution in [2.24, 2.45) is 0 Å². The number of methoxy groups -OCH3 is 1. The van der Waals surface area contributed by atoms with Crippen molar-refractivity contribution in [2.45, 2.75) is 32.6 Å². The fourth-order valence-corrected chi connectivity index (χ4v) is 2.26. The van der Waals surface area contributed by atoms with Gasteiger partial charge in [-0.15, -0.1) is 0 Å². The molecule has 0 N–H and O–H groups in total. The first-order valence-corrected chi connectivity index (χ1v) is 7.68. The highest BCUT2D eigenvalue weighted by atomic mass is 16.5. The zero-order valence-corrected chi connectivity index (χ0v) is 13.2. The van der Waals surface area contributed by atoms with Crippen molar-refractivity contribution in [3.05, 3.63) is 59.7 Å². The number of benzene rings is 2. The van der Waals surface area contributed by atoms with Crippen LogP contribution in [0.25, 0.3) is 0 Å². The maximum atomic E-state index is 12.2. The van der Waals surface area contributed by atoms with Crippen LogP contribution in [0.2, 0.25) is 0 Å². The second-order valence-electron chi connectivity index (χ2n) is 5.18. The molecule has 0 aliphatic carbocycles. The first kappa shape index (κ1) is 16.1. The number of carbonyl (C=O) groups excluding carboxylic acids is 1. The summed E-state index contributed by atoms with van der Waals surface area (Å²) in [5.74, 6) is 1.03. The molecule has 2 aromatic carbocycles. The molecular weight excluding hydrogens is 276 g/mol. The lowest BCUT2D eigenvalue weighted by Crippen LogP contribution is -2.09. The summed E-state index contributed by atoms with van der Waals surface area (Å²) in [5, 5.41) is 0. The van der Waals surface area contributed by atoms with Gasteiger partial charge < -0.3 is 9.47 Å². The second kappa shape index (κ2) is 8.23. The summed E-state index contributed by atoms with van der Waals surface area (Å²) >= 11 is 0. The standard InChI is InChI=1S/C19H22O3/c1-3-4-5-8-15-9-6-7-10-18(15)22-19(20)16-11-13-17(21-2)14-12-16/h6-7,9-14H,3-5,8H2,1-2H3. The van der Waals surface area contributed by atoms with E-state index in [4.69, 9.17) is 9.47 Å². The largest absolute Gasteiger partial charge is 0.497 e. The van der Waals surface area contributed by atoms with Crippen LogP contribution in [0.15, 0.2) is 48.5 Å². The molecule has 0 amide bonds. The number of aryl methyl sites for hydroxylation is 1. The van der Waals surface area contributed by atoms with Gasteiger partial charge in [-0.05, 0) is 48.7 Å². The third kappa shape index (κ3) is 4.35. The van der Waals surface area contributed by atoms with E-state index in [0.717, 1.165) is 24.2 Å². The average molecular weight is 298 g/mol. The predicted octanol–water partition coefficient (Wildman–Crippen LogP) is 4.65. The second-order valence-corrected chi connectivity index (χ2v) is 5.18. The first-order chi connectivity index (χ1) is 10.7. The van der Waals surface area contributed by atoms with Crippen molar-refractivity contribution < 1.29 is 14.3 Å². The molecule has 0 spiro atoms. The summed E-state index contributed by atoms with van der Waals surface area (Å²) in [7, 11) is 1.60. The normalized spacial score (nSPS) is 10.3. The molecule has 2 rings (SSSR count). The van der Waals surface area contributed by atoms with E-state index in [1.165, 1.54) is 12.8 Å². The Morgan fingerprint density at radius 3 is 2.41 bits per heavy atom. The van der Waals surface area contributed by atoms with Gasteiger partial charge in [-0.2, -0.15) is 0 Å². The van der Waals surface area contributed by atoms with Gasteiger partial charge in [-0.1, -0.05) is 38.0 Å². The van der Waals surface area contributed by atoms with Crippen LogP contribution in [-0.4, -0.2) is 13.1 Å². The van der Waals surface area contributed by atoms with Gasteiger partial charge >= 0.3 is 5.97 Å². The van der Waals surface area contributed by atoms with Gasteiger partial charge in [0.1, 0.15) is 11.5 Å². The molecule has 2 aromatic rings. The number of rotatable bonds is 7. The van der Waals surface area contributed by atoms with Gasteiger partial charge in [0, 0.05) is 0 Å². The van der Waals surface area contributed by atoms with Gasteiger partial charge in [0.05, 0.1) is 12.7 Å². The van der Waals surface area contributed by atoms with E-state index in [2.05, 4.69) is 6.92 Å². The lowest BCUT2D eigenvalue weighted by molar-refractivity contribution is 0.0733. The van der Waals surface area contributed by atoms with E-state index in [0.29, 0.717) is 11.3 Å². The lowest BCUT2D eigenvalue weighted by atomic mass is 10.1. The van der Waals surface area contributed by atoms with E-state index < -0.39 is 0 Å². The van der Waals surface area contributed by atoms with Crippen molar-refractivity contribution >= 4 is 5.97 Å². The highest BCUT2D eigenvalue weighted by Crippen LogP contribution is 2.22. The minimum atomic E-state index is -0.342. The number of para-hydroxylation sites is 1. The Balaban J connectivity index is 2.07. The Kier molecular flexibility index (Phi) is 6.01. The summed E-state index contributed by atoms with van der Waals surface area (Å²) in [4.78, 5) is 12.2. The van der Waals surface area contributed by atoms with Crippen LogP contribution in [0.5, 0.6) is 11.5 Å². The number of carbonyl (C=O) groups is 1. The Morgan fingerprint density at radius 2 is 1.73 bits per heavy atom. The summed E-state index contributed by atoms with van der Waals surface area (Å²) in [6.45, 7) is 2.18. The molecule has 0 fully saturated rings. The van der Waals surface area contributed by atoms with Crippen LogP contribution < -0.4 is 9.47 Å². The van der Waals surface area contributed by atoms with Crippen molar-refractivity contribution in [1.29, 1.82) is 0 Å². The quantitative estimate of drug-likeness (QED) is 0.424. The van der Waals surface area contributed by atoms with Crippen LogP contribution in [0.3, 0.4) is 0 Å². The molecule has 0 unspecified atom stereocenters. The maximum Gasteiger partial charge on any atom is 0.343 e. The smallest absolute Gasteiger partial charge is 0.343 e. The minimum absolute atomic E-state index is 0.342. The number of hydrogen-bond acceptors (Lipinski definition) is 3. The first-order valence-electron chi connectivity index (χ1n) is 7.68. The van der Waals surface area contributed by atoms with Crippen molar-refractivity contribution in [3.8, 4) is 11.5 Å². The van der Waals surface area contributed by atoms with E-state index in [-0.39, 0.29) is 5.97 Å². The SMILES string of the molecule is CCCCCc1ccccc1OC(=O)c1ccc(OC)cc1. The highest BCUT2D eigenvalue weighted by molar-refractivity contribution is 5.91. The van der Waals surface area contributed by atoms with Gasteiger partial charge in [0.25, 0.3) is 0 Å². The monoisotopic (exact) mass is 298 g/mol. The van der Waals surface area contributed by atoms with Gasteiger partial charge in [0.2, 0.25) is 0 Å². The van der Waals surface area contributed by atoms with Crippen LogP contribution in [0.4, 0.5) is 0 Å². The molecule has 0 aliphatic rings. The van der Waals surface area contributed by atoms with Crippen molar-refractivity contribution in [3.63, 3.8) is 0 Å². The number of ether oxygens (including phenoxy) is 2. The van der Waals surface area contributed by atoms with Gasteiger partial charge in [-0.3, -0.25) is 0 Å². The molecule has 22 heavy (non-hydrogen) atoms. The van der Waals surface area contributed by atoms with Crippen LogP contribution in [-0.2, 0) is 6.42 Å². The molecule has 0 atom stereocenters. The molecule has 3 nitrogen and oxygen atoms in total. The number of hydrogen-bond donors (Lipinski definition) is 0. The molecule has 0 saturated heterocycles. The van der Waals surface area contributed by atoms with Crippen molar-refractivity contribution in [1.82, 2.24) is 0 Å². The average Bonchev–Trinajstić information content (AvgIpc) is 2.56. The fourth-order valence-electron chi connectivity index (χ4n) is 2.26. The molecular formula is C19H22O3. The predicted molar refractivity (Wildman–Crippen MR) is 87.6 cm³/mol. The van der Waals surface area contributed by atoms with E-state index in [9.17, 15) is 4.79 Å². The Bertz CT molecular complexity index is 602.